The summed E-state index contributed by atoms with van der Waals surface area (Å²) in [5, 5.41) is 0. The first-order valence-corrected chi connectivity index (χ1v) is 9.11. The number of benzene rings is 1. The van der Waals surface area contributed by atoms with Crippen molar-refractivity contribution in [2.45, 2.75) is 71.5 Å². The summed E-state index contributed by atoms with van der Waals surface area (Å²) in [6.07, 6.45) is 4.61. The van der Waals surface area contributed by atoms with Gasteiger partial charge >= 0.3 is 0 Å². The average molecular weight is 355 g/mol. The van der Waals surface area contributed by atoms with Crippen LogP contribution in [0.25, 0.3) is 0 Å². The number of rotatable bonds is 9. The van der Waals surface area contributed by atoms with E-state index in [1.807, 2.05) is 0 Å². The summed E-state index contributed by atoms with van der Waals surface area (Å²) in [6, 6.07) is 9.72. The Bertz CT molecular complexity index is 391. The molecule has 0 saturated heterocycles. The number of unbranched alkanes of at least 4 members (excludes halogenated alkanes) is 1. The summed E-state index contributed by atoms with van der Waals surface area (Å²) in [5.74, 6) is 0. The van der Waals surface area contributed by atoms with Gasteiger partial charge in [-0.2, -0.15) is 0 Å². The molecule has 0 bridgehead atoms. The monoisotopic (exact) mass is 354 g/mol. The summed E-state index contributed by atoms with van der Waals surface area (Å²) >= 11 is 3.53. The third-order valence-electron chi connectivity index (χ3n) is 4.37. The highest BCUT2D eigenvalue weighted by molar-refractivity contribution is 9.10. The largest absolute Gasteiger partial charge is 0.326 e. The number of halogens is 1. The van der Waals surface area contributed by atoms with Crippen LogP contribution < -0.4 is 5.73 Å². The molecule has 0 aromatic heterocycles. The van der Waals surface area contributed by atoms with Crippen LogP contribution in [0.15, 0.2) is 28.7 Å². The van der Waals surface area contributed by atoms with Crippen LogP contribution in [0.4, 0.5) is 0 Å². The Labute approximate surface area is 139 Å². The molecule has 0 aliphatic rings. The molecule has 3 heteroatoms. The second-order valence-electron chi connectivity index (χ2n) is 5.92. The minimum Gasteiger partial charge on any atom is -0.326 e. The van der Waals surface area contributed by atoms with E-state index in [1.54, 1.807) is 0 Å². The third kappa shape index (κ3) is 5.39. The molecule has 1 aromatic rings. The van der Waals surface area contributed by atoms with Gasteiger partial charge in [-0.25, -0.2) is 0 Å². The van der Waals surface area contributed by atoms with Gasteiger partial charge in [0.15, 0.2) is 0 Å². The van der Waals surface area contributed by atoms with Crippen molar-refractivity contribution in [2.75, 3.05) is 6.54 Å². The van der Waals surface area contributed by atoms with Crippen molar-refractivity contribution in [2.24, 2.45) is 5.73 Å². The van der Waals surface area contributed by atoms with Gasteiger partial charge < -0.3 is 5.73 Å². The lowest BCUT2D eigenvalue weighted by molar-refractivity contribution is 0.116. The van der Waals surface area contributed by atoms with Gasteiger partial charge in [0, 0.05) is 16.6 Å². The van der Waals surface area contributed by atoms with Gasteiger partial charge in [-0.05, 0) is 50.4 Å². The Balaban J connectivity index is 3.09. The Morgan fingerprint density at radius 2 is 1.71 bits per heavy atom. The molecule has 3 atom stereocenters. The molecular weight excluding hydrogens is 324 g/mol. The molecule has 0 fully saturated rings. The van der Waals surface area contributed by atoms with Crippen LogP contribution in [-0.4, -0.2) is 23.5 Å². The van der Waals surface area contributed by atoms with Crippen LogP contribution in [-0.2, 0) is 0 Å². The Hall–Kier alpha value is -0.380. The highest BCUT2D eigenvalue weighted by Crippen LogP contribution is 2.29. The lowest BCUT2D eigenvalue weighted by atomic mass is 9.94. The maximum atomic E-state index is 6.50. The van der Waals surface area contributed by atoms with E-state index in [0.717, 1.165) is 23.9 Å². The minimum atomic E-state index is 0.178. The zero-order valence-corrected chi connectivity index (χ0v) is 15.6. The molecule has 0 spiro atoms. The number of nitrogens with two attached hydrogens (primary N) is 1. The fraction of sp³-hybridized carbons (Fsp3) is 0.667. The topological polar surface area (TPSA) is 29.3 Å². The molecule has 0 saturated carbocycles. The molecule has 1 rings (SSSR count). The number of hydrogen-bond acceptors (Lipinski definition) is 2. The van der Waals surface area contributed by atoms with E-state index >= 15 is 0 Å². The van der Waals surface area contributed by atoms with Crippen molar-refractivity contribution >= 4 is 15.9 Å². The molecule has 0 heterocycles. The van der Waals surface area contributed by atoms with Crippen molar-refractivity contribution in [1.29, 1.82) is 0 Å². The summed E-state index contributed by atoms with van der Waals surface area (Å²) in [4.78, 5) is 2.61. The standard InChI is InChI=1S/C18H31BrN2/c1-5-8-13-21(14(4)6-2)18(17(20)7-3)15-9-11-16(19)12-10-15/h9-12,14,17-18H,5-8,13,20H2,1-4H3. The van der Waals surface area contributed by atoms with E-state index < -0.39 is 0 Å². The Morgan fingerprint density at radius 1 is 1.10 bits per heavy atom. The van der Waals surface area contributed by atoms with E-state index in [9.17, 15) is 0 Å². The summed E-state index contributed by atoms with van der Waals surface area (Å²) in [6.45, 7) is 10.2. The quantitative estimate of drug-likeness (QED) is 0.665. The summed E-state index contributed by atoms with van der Waals surface area (Å²) < 4.78 is 1.12. The van der Waals surface area contributed by atoms with Gasteiger partial charge in [0.25, 0.3) is 0 Å². The molecule has 21 heavy (non-hydrogen) atoms. The number of hydrogen-bond donors (Lipinski definition) is 1. The maximum absolute atomic E-state index is 6.50. The van der Waals surface area contributed by atoms with Crippen molar-refractivity contribution in [3.63, 3.8) is 0 Å². The molecule has 1 aromatic carbocycles. The van der Waals surface area contributed by atoms with E-state index in [2.05, 4.69) is 72.8 Å². The van der Waals surface area contributed by atoms with Crippen LogP contribution in [0, 0.1) is 0 Å². The SMILES string of the molecule is CCCCN(C(C)CC)C(c1ccc(Br)cc1)C(N)CC. The lowest BCUT2D eigenvalue weighted by Crippen LogP contribution is -2.45. The number of nitrogens with zero attached hydrogens (tertiary/aromatic N) is 1. The first-order valence-electron chi connectivity index (χ1n) is 8.31. The van der Waals surface area contributed by atoms with Crippen LogP contribution >= 0.6 is 15.9 Å². The molecule has 0 aliphatic carbocycles. The fourth-order valence-electron chi connectivity index (χ4n) is 2.78. The van der Waals surface area contributed by atoms with Gasteiger partial charge in [-0.15, -0.1) is 0 Å². The smallest absolute Gasteiger partial charge is 0.0501 e. The molecule has 120 valence electrons. The van der Waals surface area contributed by atoms with Crippen LogP contribution in [0.2, 0.25) is 0 Å². The summed E-state index contributed by atoms with van der Waals surface area (Å²) in [7, 11) is 0. The average Bonchev–Trinajstić information content (AvgIpc) is 2.51. The van der Waals surface area contributed by atoms with Crippen molar-refractivity contribution in [3.8, 4) is 0 Å². The van der Waals surface area contributed by atoms with Crippen LogP contribution in [0.1, 0.15) is 65.0 Å². The molecule has 0 radical (unpaired) electrons. The van der Waals surface area contributed by atoms with Crippen LogP contribution in [0.5, 0.6) is 0 Å². The van der Waals surface area contributed by atoms with Gasteiger partial charge in [-0.1, -0.05) is 55.3 Å². The maximum Gasteiger partial charge on any atom is 0.0501 e. The zero-order chi connectivity index (χ0) is 15.8. The fourth-order valence-corrected chi connectivity index (χ4v) is 3.04. The van der Waals surface area contributed by atoms with Gasteiger partial charge in [0.1, 0.15) is 0 Å². The first-order chi connectivity index (χ1) is 10.0. The molecule has 2 N–H and O–H groups in total. The lowest BCUT2D eigenvalue weighted by Gasteiger charge is -2.39. The highest BCUT2D eigenvalue weighted by atomic mass is 79.9. The highest BCUT2D eigenvalue weighted by Gasteiger charge is 2.28. The van der Waals surface area contributed by atoms with Gasteiger partial charge in [0.05, 0.1) is 6.04 Å². The van der Waals surface area contributed by atoms with E-state index in [1.165, 1.54) is 18.4 Å². The second kappa shape index (κ2) is 9.60. The molecular formula is C18H31BrN2. The van der Waals surface area contributed by atoms with E-state index in [-0.39, 0.29) is 6.04 Å². The van der Waals surface area contributed by atoms with E-state index in [0.29, 0.717) is 12.1 Å². The second-order valence-corrected chi connectivity index (χ2v) is 6.83. The minimum absolute atomic E-state index is 0.178. The first kappa shape index (κ1) is 18.7. The van der Waals surface area contributed by atoms with Gasteiger partial charge in [-0.3, -0.25) is 4.90 Å². The van der Waals surface area contributed by atoms with Crippen LogP contribution in [0.3, 0.4) is 0 Å². The Morgan fingerprint density at radius 3 is 2.19 bits per heavy atom. The molecule has 0 aliphatic heterocycles. The molecule has 3 unspecified atom stereocenters. The summed E-state index contributed by atoms with van der Waals surface area (Å²) in [5.41, 5.74) is 7.84. The van der Waals surface area contributed by atoms with E-state index in [4.69, 9.17) is 5.73 Å². The predicted molar refractivity (Wildman–Crippen MR) is 96.5 cm³/mol. The molecule has 0 amide bonds. The van der Waals surface area contributed by atoms with Crippen molar-refractivity contribution in [1.82, 2.24) is 4.90 Å². The zero-order valence-electron chi connectivity index (χ0n) is 14.0. The van der Waals surface area contributed by atoms with Gasteiger partial charge in [0.2, 0.25) is 0 Å². The molecule has 2 nitrogen and oxygen atoms in total. The normalized spacial score (nSPS) is 16.0. The van der Waals surface area contributed by atoms with Crippen molar-refractivity contribution in [3.05, 3.63) is 34.3 Å². The predicted octanol–water partition coefficient (Wildman–Crippen LogP) is 5.13. The third-order valence-corrected chi connectivity index (χ3v) is 4.90. The Kier molecular flexibility index (Phi) is 8.53. The van der Waals surface area contributed by atoms with Crippen molar-refractivity contribution < 1.29 is 0 Å².